The molecule has 2 unspecified atom stereocenters. The first-order valence-electron chi connectivity index (χ1n) is 4.92. The first-order valence-corrected chi connectivity index (χ1v) is 4.92. The SMILES string of the molecule is Cc1cnnc(NC2CCC(N)C2)n1. The van der Waals surface area contributed by atoms with E-state index in [4.69, 9.17) is 5.73 Å². The van der Waals surface area contributed by atoms with E-state index in [1.807, 2.05) is 6.92 Å². The summed E-state index contributed by atoms with van der Waals surface area (Å²) in [5.74, 6) is 0.615. The maximum Gasteiger partial charge on any atom is 0.243 e. The smallest absolute Gasteiger partial charge is 0.243 e. The number of hydrogen-bond donors (Lipinski definition) is 2. The van der Waals surface area contributed by atoms with E-state index in [0.29, 0.717) is 18.0 Å². The normalized spacial score (nSPS) is 26.4. The van der Waals surface area contributed by atoms with E-state index < -0.39 is 0 Å². The van der Waals surface area contributed by atoms with Crippen LogP contribution in [0, 0.1) is 6.92 Å². The summed E-state index contributed by atoms with van der Waals surface area (Å²) in [5.41, 5.74) is 6.69. The third-order valence-corrected chi connectivity index (χ3v) is 2.49. The van der Waals surface area contributed by atoms with E-state index in [2.05, 4.69) is 20.5 Å². The highest BCUT2D eigenvalue weighted by molar-refractivity contribution is 5.25. The maximum atomic E-state index is 5.81. The molecule has 1 saturated carbocycles. The van der Waals surface area contributed by atoms with E-state index in [0.717, 1.165) is 25.0 Å². The molecule has 0 spiro atoms. The number of nitrogens with zero attached hydrogens (tertiary/aromatic N) is 3. The average molecular weight is 193 g/mol. The Kier molecular flexibility index (Phi) is 2.58. The number of anilines is 1. The summed E-state index contributed by atoms with van der Waals surface area (Å²) in [5, 5.41) is 11.0. The molecule has 0 amide bonds. The molecule has 0 bridgehead atoms. The summed E-state index contributed by atoms with van der Waals surface area (Å²) in [6.45, 7) is 1.90. The fraction of sp³-hybridized carbons (Fsp3) is 0.667. The molecule has 5 nitrogen and oxygen atoms in total. The third-order valence-electron chi connectivity index (χ3n) is 2.49. The Hall–Kier alpha value is -1.23. The second-order valence-electron chi connectivity index (χ2n) is 3.84. The van der Waals surface area contributed by atoms with Crippen molar-refractivity contribution in [1.82, 2.24) is 15.2 Å². The predicted molar refractivity (Wildman–Crippen MR) is 53.8 cm³/mol. The van der Waals surface area contributed by atoms with Gasteiger partial charge in [-0.1, -0.05) is 0 Å². The molecule has 0 radical (unpaired) electrons. The van der Waals surface area contributed by atoms with Crippen LogP contribution in [0.1, 0.15) is 25.0 Å². The lowest BCUT2D eigenvalue weighted by Gasteiger charge is -2.11. The Morgan fingerprint density at radius 3 is 3.00 bits per heavy atom. The topological polar surface area (TPSA) is 76.7 Å². The van der Waals surface area contributed by atoms with Gasteiger partial charge in [-0.25, -0.2) is 4.98 Å². The van der Waals surface area contributed by atoms with Crippen molar-refractivity contribution in [2.45, 2.75) is 38.3 Å². The monoisotopic (exact) mass is 193 g/mol. The van der Waals surface area contributed by atoms with Crippen LogP contribution in [0.3, 0.4) is 0 Å². The molecule has 1 aromatic rings. The fourth-order valence-electron chi connectivity index (χ4n) is 1.78. The van der Waals surface area contributed by atoms with Crippen LogP contribution in [0.2, 0.25) is 0 Å². The molecule has 14 heavy (non-hydrogen) atoms. The van der Waals surface area contributed by atoms with Crippen molar-refractivity contribution in [2.75, 3.05) is 5.32 Å². The highest BCUT2D eigenvalue weighted by atomic mass is 15.2. The number of hydrogen-bond acceptors (Lipinski definition) is 5. The molecule has 1 fully saturated rings. The van der Waals surface area contributed by atoms with Gasteiger partial charge < -0.3 is 11.1 Å². The van der Waals surface area contributed by atoms with Crippen LogP contribution in [0.4, 0.5) is 5.95 Å². The van der Waals surface area contributed by atoms with Crippen LogP contribution >= 0.6 is 0 Å². The van der Waals surface area contributed by atoms with Gasteiger partial charge in [0.05, 0.1) is 11.9 Å². The van der Waals surface area contributed by atoms with Gasteiger partial charge in [-0.3, -0.25) is 0 Å². The highest BCUT2D eigenvalue weighted by Crippen LogP contribution is 2.19. The van der Waals surface area contributed by atoms with Crippen molar-refractivity contribution in [3.63, 3.8) is 0 Å². The molecular formula is C9H15N5. The van der Waals surface area contributed by atoms with E-state index in [1.54, 1.807) is 6.20 Å². The van der Waals surface area contributed by atoms with Gasteiger partial charge in [0.1, 0.15) is 0 Å². The lowest BCUT2D eigenvalue weighted by Crippen LogP contribution is -2.22. The molecule has 5 heteroatoms. The first-order chi connectivity index (χ1) is 6.74. The van der Waals surface area contributed by atoms with Crippen molar-refractivity contribution in [1.29, 1.82) is 0 Å². The minimum absolute atomic E-state index is 0.324. The quantitative estimate of drug-likeness (QED) is 0.714. The summed E-state index contributed by atoms with van der Waals surface area (Å²) in [6, 6.07) is 0.735. The Morgan fingerprint density at radius 2 is 2.36 bits per heavy atom. The van der Waals surface area contributed by atoms with Gasteiger partial charge in [-0.15, -0.1) is 5.10 Å². The lowest BCUT2D eigenvalue weighted by molar-refractivity contribution is 0.683. The molecule has 76 valence electrons. The molecule has 1 aliphatic rings. The molecule has 1 aliphatic carbocycles. The summed E-state index contributed by atoms with van der Waals surface area (Å²) in [6.07, 6.45) is 4.82. The van der Waals surface area contributed by atoms with Crippen LogP contribution < -0.4 is 11.1 Å². The van der Waals surface area contributed by atoms with E-state index >= 15 is 0 Å². The van der Waals surface area contributed by atoms with E-state index in [9.17, 15) is 0 Å². The third kappa shape index (κ3) is 2.17. The van der Waals surface area contributed by atoms with Gasteiger partial charge in [0.15, 0.2) is 0 Å². The summed E-state index contributed by atoms with van der Waals surface area (Å²) >= 11 is 0. The van der Waals surface area contributed by atoms with Crippen molar-refractivity contribution in [3.8, 4) is 0 Å². The van der Waals surface area contributed by atoms with Gasteiger partial charge in [0.25, 0.3) is 0 Å². The van der Waals surface area contributed by atoms with Crippen LogP contribution in [0.15, 0.2) is 6.20 Å². The molecular weight excluding hydrogens is 178 g/mol. The highest BCUT2D eigenvalue weighted by Gasteiger charge is 2.22. The number of nitrogens with two attached hydrogens (primary N) is 1. The van der Waals surface area contributed by atoms with Crippen LogP contribution in [0.5, 0.6) is 0 Å². The lowest BCUT2D eigenvalue weighted by atomic mass is 10.2. The Balaban J connectivity index is 1.97. The van der Waals surface area contributed by atoms with Crippen LogP contribution in [0.25, 0.3) is 0 Å². The zero-order valence-electron chi connectivity index (χ0n) is 8.27. The Labute approximate surface area is 83.1 Å². The van der Waals surface area contributed by atoms with Crippen LogP contribution in [-0.2, 0) is 0 Å². The number of aromatic nitrogens is 3. The minimum atomic E-state index is 0.324. The molecule has 0 aromatic carbocycles. The van der Waals surface area contributed by atoms with Crippen LogP contribution in [-0.4, -0.2) is 27.3 Å². The molecule has 3 N–H and O–H groups in total. The minimum Gasteiger partial charge on any atom is -0.350 e. The van der Waals surface area contributed by atoms with Crippen molar-refractivity contribution >= 4 is 5.95 Å². The van der Waals surface area contributed by atoms with Gasteiger partial charge in [0.2, 0.25) is 5.95 Å². The summed E-state index contributed by atoms with van der Waals surface area (Å²) < 4.78 is 0. The van der Waals surface area contributed by atoms with Gasteiger partial charge in [-0.2, -0.15) is 5.10 Å². The molecule has 0 aliphatic heterocycles. The van der Waals surface area contributed by atoms with Crippen molar-refractivity contribution in [3.05, 3.63) is 11.9 Å². The average Bonchev–Trinajstić information content (AvgIpc) is 2.51. The largest absolute Gasteiger partial charge is 0.350 e. The second-order valence-corrected chi connectivity index (χ2v) is 3.84. The van der Waals surface area contributed by atoms with Crippen molar-refractivity contribution in [2.24, 2.45) is 5.73 Å². The number of nitrogens with one attached hydrogen (secondary N) is 1. The number of aryl methyl sites for hydroxylation is 1. The standard InChI is InChI=1S/C9H15N5/c1-6-5-11-14-9(12-6)13-8-3-2-7(10)4-8/h5,7-8H,2-4,10H2,1H3,(H,12,13,14). The Morgan fingerprint density at radius 1 is 1.50 bits per heavy atom. The second kappa shape index (κ2) is 3.88. The molecule has 2 atom stereocenters. The van der Waals surface area contributed by atoms with E-state index in [1.165, 1.54) is 0 Å². The number of rotatable bonds is 2. The van der Waals surface area contributed by atoms with Gasteiger partial charge >= 0.3 is 0 Å². The predicted octanol–water partition coefficient (Wildman–Crippen LogP) is 0.472. The van der Waals surface area contributed by atoms with Gasteiger partial charge in [0, 0.05) is 12.1 Å². The molecule has 0 saturated heterocycles. The molecule has 1 heterocycles. The Bertz CT molecular complexity index is 314. The molecule has 1 aromatic heterocycles. The van der Waals surface area contributed by atoms with Gasteiger partial charge in [-0.05, 0) is 26.2 Å². The molecule has 2 rings (SSSR count). The first kappa shape index (κ1) is 9.33. The van der Waals surface area contributed by atoms with Crippen molar-refractivity contribution < 1.29 is 0 Å². The zero-order chi connectivity index (χ0) is 9.97. The fourth-order valence-corrected chi connectivity index (χ4v) is 1.78. The zero-order valence-corrected chi connectivity index (χ0v) is 8.27. The summed E-state index contributed by atoms with van der Waals surface area (Å²) in [4.78, 5) is 4.24. The maximum absolute atomic E-state index is 5.81. The summed E-state index contributed by atoms with van der Waals surface area (Å²) in [7, 11) is 0. The van der Waals surface area contributed by atoms with E-state index in [-0.39, 0.29) is 0 Å².